The van der Waals surface area contributed by atoms with Crippen LogP contribution in [0.2, 0.25) is 0 Å². The van der Waals surface area contributed by atoms with Crippen LogP contribution < -0.4 is 11.2 Å². The van der Waals surface area contributed by atoms with Gasteiger partial charge in [-0.1, -0.05) is 0 Å². The number of nitrogens with zero attached hydrogens (tertiary/aromatic N) is 1. The molecule has 0 aliphatic carbocycles. The molecule has 12 nitrogen and oxygen atoms in total. The van der Waals surface area contributed by atoms with E-state index in [9.17, 15) is 19.3 Å². The Balaban J connectivity index is 2.42. The Hall–Kier alpha value is -1.37. The van der Waals surface area contributed by atoms with Crippen LogP contribution in [0.5, 0.6) is 0 Å². The Bertz CT molecular complexity index is 771. The molecule has 0 spiro atoms. The zero-order chi connectivity index (χ0) is 19.5. The van der Waals surface area contributed by atoms with Crippen LogP contribution in [0.25, 0.3) is 0 Å². The molecule has 13 heteroatoms. The molecule has 1 aliphatic heterocycles. The average molecular weight is 396 g/mol. The van der Waals surface area contributed by atoms with Crippen molar-refractivity contribution in [1.29, 1.82) is 0 Å². The molecule has 1 aliphatic rings. The molecule has 0 aromatic carbocycles. The van der Waals surface area contributed by atoms with Crippen molar-refractivity contribution >= 4 is 7.82 Å². The monoisotopic (exact) mass is 396 g/mol. The molecule has 1 saturated heterocycles. The predicted octanol–water partition coefficient (Wildman–Crippen LogP) is -1.76. The normalized spacial score (nSPS) is 26.3. The van der Waals surface area contributed by atoms with Gasteiger partial charge in [-0.3, -0.25) is 18.9 Å². The highest BCUT2D eigenvalue weighted by Crippen LogP contribution is 2.44. The number of aromatic amines is 1. The van der Waals surface area contributed by atoms with Gasteiger partial charge < -0.3 is 29.1 Å². The Morgan fingerprint density at radius 2 is 2.00 bits per heavy atom. The Kier molecular flexibility index (Phi) is 6.88. The second-order valence-electron chi connectivity index (χ2n) is 5.62. The predicted molar refractivity (Wildman–Crippen MR) is 85.6 cm³/mol. The fraction of sp³-hybridized carbons (Fsp3) is 0.692. The summed E-state index contributed by atoms with van der Waals surface area (Å²) in [6.07, 6.45) is -3.64. The van der Waals surface area contributed by atoms with E-state index in [1.807, 2.05) is 0 Å². The molecule has 0 bridgehead atoms. The van der Waals surface area contributed by atoms with Gasteiger partial charge in [0.25, 0.3) is 5.56 Å². The van der Waals surface area contributed by atoms with E-state index in [0.29, 0.717) is 0 Å². The molecule has 0 saturated carbocycles. The van der Waals surface area contributed by atoms with Gasteiger partial charge in [-0.2, -0.15) is 0 Å². The van der Waals surface area contributed by atoms with Crippen LogP contribution in [0.1, 0.15) is 11.8 Å². The van der Waals surface area contributed by atoms with Gasteiger partial charge in [0.05, 0.1) is 19.8 Å². The van der Waals surface area contributed by atoms with Crippen LogP contribution >= 0.6 is 7.82 Å². The number of hydrogen-bond acceptors (Lipinski definition) is 8. The average Bonchev–Trinajstić information content (AvgIpc) is 2.87. The van der Waals surface area contributed by atoms with Gasteiger partial charge in [0.2, 0.25) is 0 Å². The molecule has 0 amide bonds. The van der Waals surface area contributed by atoms with Crippen molar-refractivity contribution in [2.24, 2.45) is 0 Å². The van der Waals surface area contributed by atoms with Crippen LogP contribution in [0, 0.1) is 6.92 Å². The lowest BCUT2D eigenvalue weighted by atomic mass is 10.1. The van der Waals surface area contributed by atoms with E-state index in [2.05, 4.69) is 4.98 Å². The maximum absolute atomic E-state index is 12.1. The van der Waals surface area contributed by atoms with Gasteiger partial charge in [0.15, 0.2) is 6.23 Å². The highest BCUT2D eigenvalue weighted by atomic mass is 31.2. The maximum atomic E-state index is 12.1. The third-order valence-corrected chi connectivity index (χ3v) is 4.26. The number of H-pyrrole nitrogens is 1. The minimum absolute atomic E-state index is 0.0112. The second kappa shape index (κ2) is 8.55. The van der Waals surface area contributed by atoms with Crippen LogP contribution in [0.15, 0.2) is 15.8 Å². The molecule has 26 heavy (non-hydrogen) atoms. The molecule has 0 radical (unpaired) electrons. The first-order chi connectivity index (χ1) is 12.2. The lowest BCUT2D eigenvalue weighted by Crippen LogP contribution is -2.41. The molecule has 148 valence electrons. The summed E-state index contributed by atoms with van der Waals surface area (Å²) in [4.78, 5) is 44.0. The number of aliphatic hydroxyl groups excluding tert-OH is 1. The van der Waals surface area contributed by atoms with E-state index in [4.69, 9.17) is 28.5 Å². The number of rotatable bonds is 8. The summed E-state index contributed by atoms with van der Waals surface area (Å²) in [6.45, 7) is 1.01. The van der Waals surface area contributed by atoms with Gasteiger partial charge in [-0.05, 0) is 6.92 Å². The molecular formula is C13H21N2O10P. The summed E-state index contributed by atoms with van der Waals surface area (Å²) in [5.41, 5.74) is -1.17. The van der Waals surface area contributed by atoms with Crippen molar-refractivity contribution in [2.75, 3.05) is 26.9 Å². The molecule has 1 aromatic heterocycles. The molecule has 4 atom stereocenters. The summed E-state index contributed by atoms with van der Waals surface area (Å²) in [5.74, 6) is 0. The minimum Gasteiger partial charge on any atom is -0.394 e. The molecule has 1 fully saturated rings. The summed E-state index contributed by atoms with van der Waals surface area (Å²) in [7, 11) is -3.50. The van der Waals surface area contributed by atoms with Crippen LogP contribution in [-0.2, 0) is 23.3 Å². The highest BCUT2D eigenvalue weighted by molar-refractivity contribution is 7.46. The number of methoxy groups -OCH3 is 1. The number of aromatic nitrogens is 2. The Morgan fingerprint density at radius 3 is 2.58 bits per heavy atom. The zero-order valence-corrected chi connectivity index (χ0v) is 15.0. The first kappa shape index (κ1) is 20.9. The molecule has 4 N–H and O–H groups in total. The second-order valence-corrected chi connectivity index (χ2v) is 6.81. The van der Waals surface area contributed by atoms with Gasteiger partial charge >= 0.3 is 13.5 Å². The fourth-order valence-electron chi connectivity index (χ4n) is 2.58. The van der Waals surface area contributed by atoms with Crippen molar-refractivity contribution in [3.63, 3.8) is 0 Å². The number of hydrogen-bond donors (Lipinski definition) is 4. The van der Waals surface area contributed by atoms with Gasteiger partial charge in [0.1, 0.15) is 18.3 Å². The van der Waals surface area contributed by atoms with E-state index in [1.165, 1.54) is 20.2 Å². The number of aliphatic hydroxyl groups is 1. The summed E-state index contributed by atoms with van der Waals surface area (Å²) in [5, 5.41) is 9.47. The third-order valence-electron chi connectivity index (χ3n) is 3.74. The lowest BCUT2D eigenvalue weighted by Gasteiger charge is -2.25. The van der Waals surface area contributed by atoms with Crippen molar-refractivity contribution < 1.29 is 38.2 Å². The largest absolute Gasteiger partial charge is 0.470 e. The fourth-order valence-corrected chi connectivity index (χ4v) is 3.16. The van der Waals surface area contributed by atoms with E-state index >= 15 is 0 Å². The van der Waals surface area contributed by atoms with Crippen LogP contribution in [0.3, 0.4) is 0 Å². The van der Waals surface area contributed by atoms with Crippen molar-refractivity contribution in [3.05, 3.63) is 32.6 Å². The molecule has 0 unspecified atom stereocenters. The molecule has 1 aromatic rings. The first-order valence-electron chi connectivity index (χ1n) is 7.60. The van der Waals surface area contributed by atoms with Crippen molar-refractivity contribution in [1.82, 2.24) is 9.55 Å². The lowest BCUT2D eigenvalue weighted by molar-refractivity contribution is -0.0816. The SMILES string of the molecule is COCCO[C@@H]1[C@H](OP(=O)(O)O)[C@@H](CO)O[C@H]1n1cc(C)c(=O)[nH]c1=O. The van der Waals surface area contributed by atoms with E-state index < -0.39 is 50.2 Å². The number of phosphoric ester groups is 1. The third kappa shape index (κ3) is 4.87. The van der Waals surface area contributed by atoms with Crippen molar-refractivity contribution in [2.45, 2.75) is 31.5 Å². The van der Waals surface area contributed by atoms with Crippen LogP contribution in [-0.4, -0.2) is 69.7 Å². The van der Waals surface area contributed by atoms with E-state index in [1.54, 1.807) is 0 Å². The topological polar surface area (TPSA) is 170 Å². The van der Waals surface area contributed by atoms with Crippen molar-refractivity contribution in [3.8, 4) is 0 Å². The quantitative estimate of drug-likeness (QED) is 0.292. The molecule has 2 rings (SSSR count). The smallest absolute Gasteiger partial charge is 0.394 e. The summed E-state index contributed by atoms with van der Waals surface area (Å²) in [6, 6.07) is 0. The highest BCUT2D eigenvalue weighted by Gasteiger charge is 2.50. The number of phosphoric acid groups is 1. The first-order valence-corrected chi connectivity index (χ1v) is 9.14. The minimum atomic E-state index is -4.94. The Labute approximate surface area is 147 Å². The van der Waals surface area contributed by atoms with Crippen LogP contribution in [0.4, 0.5) is 0 Å². The number of aryl methyl sites for hydroxylation is 1. The van der Waals surface area contributed by atoms with E-state index in [0.717, 1.165) is 4.57 Å². The molecule has 2 heterocycles. The van der Waals surface area contributed by atoms with Gasteiger partial charge in [0, 0.05) is 18.9 Å². The van der Waals surface area contributed by atoms with E-state index in [-0.39, 0.29) is 18.8 Å². The maximum Gasteiger partial charge on any atom is 0.470 e. The van der Waals surface area contributed by atoms with Gasteiger partial charge in [-0.15, -0.1) is 0 Å². The number of ether oxygens (including phenoxy) is 3. The van der Waals surface area contributed by atoms with Gasteiger partial charge in [-0.25, -0.2) is 9.36 Å². The summed E-state index contributed by atoms with van der Waals surface area (Å²) >= 11 is 0. The Morgan fingerprint density at radius 1 is 1.31 bits per heavy atom. The molecular weight excluding hydrogens is 375 g/mol. The number of nitrogens with one attached hydrogen (secondary N) is 1. The standard InChI is InChI=1S/C13H21N2O10P/c1-7-5-15(13(18)14-11(7)17)12-10(23-4-3-22-2)9(8(6-16)24-12)25-26(19,20)21/h5,8-10,12,16H,3-4,6H2,1-2H3,(H,14,17,18)(H2,19,20,21)/t8-,9-,10-,12-/m1/s1. The summed E-state index contributed by atoms with van der Waals surface area (Å²) < 4.78 is 32.9. The zero-order valence-electron chi connectivity index (χ0n) is 14.1.